The molecule has 0 saturated carbocycles. The van der Waals surface area contributed by atoms with Gasteiger partial charge in [-0.05, 0) is 30.3 Å². The Bertz CT molecular complexity index is 775. The molecule has 0 fully saturated rings. The molecule has 0 amide bonds. The van der Waals surface area contributed by atoms with E-state index < -0.39 is 4.92 Å². The molecule has 0 aliphatic heterocycles. The van der Waals surface area contributed by atoms with E-state index in [1.807, 2.05) is 35.0 Å². The molecule has 0 spiro atoms. The molecule has 20 heavy (non-hydrogen) atoms. The average molecular weight is 268 g/mol. The lowest BCUT2D eigenvalue weighted by Crippen LogP contribution is -1.93. The summed E-state index contributed by atoms with van der Waals surface area (Å²) >= 11 is 0. The van der Waals surface area contributed by atoms with Crippen LogP contribution >= 0.6 is 0 Å². The summed E-state index contributed by atoms with van der Waals surface area (Å²) in [5.74, 6) is 0.808. The first-order chi connectivity index (χ1) is 9.70. The lowest BCUT2D eigenvalue weighted by atomic mass is 10.2. The maximum Gasteiger partial charge on any atom is 0.269 e. The van der Waals surface area contributed by atoms with Crippen LogP contribution in [0, 0.1) is 10.1 Å². The number of hydrogen-bond acceptors (Lipinski definition) is 3. The molecule has 0 aliphatic rings. The van der Waals surface area contributed by atoms with Crippen LogP contribution in [0.3, 0.4) is 0 Å². The molecule has 100 valence electrons. The number of ether oxygens (including phenoxy) is 1. The molecule has 1 aromatic heterocycles. The minimum Gasteiger partial charge on any atom is -0.496 e. The number of fused-ring (bicyclic) bond motifs is 1. The molecular formula is C15H12N2O3. The Morgan fingerprint density at radius 2 is 1.85 bits per heavy atom. The summed E-state index contributed by atoms with van der Waals surface area (Å²) in [7, 11) is 1.64. The van der Waals surface area contributed by atoms with Crippen molar-refractivity contribution in [3.8, 4) is 11.4 Å². The second kappa shape index (κ2) is 4.70. The first-order valence-corrected chi connectivity index (χ1v) is 6.09. The first kappa shape index (κ1) is 12.2. The van der Waals surface area contributed by atoms with Crippen LogP contribution in [0.25, 0.3) is 16.6 Å². The minimum absolute atomic E-state index is 0.0859. The number of aromatic nitrogens is 1. The number of hydrogen-bond donors (Lipinski definition) is 0. The topological polar surface area (TPSA) is 57.3 Å². The predicted octanol–water partition coefficient (Wildman–Crippen LogP) is 3.55. The number of non-ortho nitro benzene ring substituents is 1. The van der Waals surface area contributed by atoms with Crippen LogP contribution in [0.1, 0.15) is 0 Å². The van der Waals surface area contributed by atoms with E-state index in [9.17, 15) is 10.1 Å². The summed E-state index contributed by atoms with van der Waals surface area (Å²) in [5.41, 5.74) is 1.96. The molecule has 0 saturated heterocycles. The van der Waals surface area contributed by atoms with Crippen molar-refractivity contribution in [1.29, 1.82) is 0 Å². The van der Waals surface area contributed by atoms with Crippen molar-refractivity contribution in [2.24, 2.45) is 0 Å². The third-order valence-electron chi connectivity index (χ3n) is 3.25. The molecule has 5 heteroatoms. The molecule has 3 aromatic rings. The second-order valence-corrected chi connectivity index (χ2v) is 4.35. The van der Waals surface area contributed by atoms with E-state index in [2.05, 4.69) is 0 Å². The highest BCUT2D eigenvalue weighted by Crippen LogP contribution is 2.28. The fourth-order valence-electron chi connectivity index (χ4n) is 2.28. The van der Waals surface area contributed by atoms with E-state index in [-0.39, 0.29) is 5.69 Å². The number of nitro groups is 1. The van der Waals surface area contributed by atoms with Gasteiger partial charge in [-0.3, -0.25) is 10.1 Å². The molecule has 0 radical (unpaired) electrons. The van der Waals surface area contributed by atoms with Crippen molar-refractivity contribution < 1.29 is 9.66 Å². The van der Waals surface area contributed by atoms with Crippen LogP contribution in [-0.4, -0.2) is 16.6 Å². The SMILES string of the molecule is COc1cccc2c1ccn2-c1ccc([N+](=O)[O-])cc1. The number of methoxy groups -OCH3 is 1. The van der Waals surface area contributed by atoms with Gasteiger partial charge in [-0.1, -0.05) is 6.07 Å². The van der Waals surface area contributed by atoms with Gasteiger partial charge in [-0.15, -0.1) is 0 Å². The molecule has 2 aromatic carbocycles. The molecular weight excluding hydrogens is 256 g/mol. The Labute approximate surface area is 115 Å². The molecule has 0 unspecified atom stereocenters. The zero-order chi connectivity index (χ0) is 14.1. The van der Waals surface area contributed by atoms with E-state index in [1.54, 1.807) is 19.2 Å². The highest BCUT2D eigenvalue weighted by Gasteiger charge is 2.09. The molecule has 0 bridgehead atoms. The fraction of sp³-hybridized carbons (Fsp3) is 0.0667. The second-order valence-electron chi connectivity index (χ2n) is 4.35. The van der Waals surface area contributed by atoms with Gasteiger partial charge in [0.1, 0.15) is 5.75 Å². The van der Waals surface area contributed by atoms with Crippen LogP contribution in [0.15, 0.2) is 54.7 Å². The van der Waals surface area contributed by atoms with E-state index in [4.69, 9.17) is 4.74 Å². The Morgan fingerprint density at radius 3 is 2.50 bits per heavy atom. The average Bonchev–Trinajstić information content (AvgIpc) is 2.91. The molecule has 0 atom stereocenters. The molecule has 0 aliphatic carbocycles. The van der Waals surface area contributed by atoms with Gasteiger partial charge in [-0.2, -0.15) is 0 Å². The van der Waals surface area contributed by atoms with Crippen molar-refractivity contribution >= 4 is 16.6 Å². The summed E-state index contributed by atoms with van der Waals surface area (Å²) < 4.78 is 7.30. The Morgan fingerprint density at radius 1 is 1.10 bits per heavy atom. The zero-order valence-electron chi connectivity index (χ0n) is 10.8. The summed E-state index contributed by atoms with van der Waals surface area (Å²) in [5, 5.41) is 11.7. The molecule has 0 N–H and O–H groups in total. The maximum atomic E-state index is 10.7. The van der Waals surface area contributed by atoms with Gasteiger partial charge in [0.2, 0.25) is 0 Å². The Hall–Kier alpha value is -2.82. The smallest absolute Gasteiger partial charge is 0.269 e. The van der Waals surface area contributed by atoms with Crippen molar-refractivity contribution in [2.75, 3.05) is 7.11 Å². The standard InChI is InChI=1S/C15H12N2O3/c1-20-15-4-2-3-14-13(15)9-10-16(14)11-5-7-12(8-6-11)17(18)19/h2-10H,1H3. The number of nitro benzene ring substituents is 1. The van der Waals surface area contributed by atoms with Gasteiger partial charge in [-0.25, -0.2) is 0 Å². The van der Waals surface area contributed by atoms with Crippen molar-refractivity contribution in [3.05, 3.63) is 64.8 Å². The molecule has 1 heterocycles. The lowest BCUT2D eigenvalue weighted by molar-refractivity contribution is -0.384. The number of rotatable bonds is 3. The highest BCUT2D eigenvalue weighted by molar-refractivity contribution is 5.87. The van der Waals surface area contributed by atoms with Gasteiger partial charge >= 0.3 is 0 Å². The Kier molecular flexibility index (Phi) is 2.87. The highest BCUT2D eigenvalue weighted by atomic mass is 16.6. The van der Waals surface area contributed by atoms with E-state index >= 15 is 0 Å². The zero-order valence-corrected chi connectivity index (χ0v) is 10.8. The number of benzene rings is 2. The van der Waals surface area contributed by atoms with Gasteiger partial charge in [0.25, 0.3) is 5.69 Å². The third-order valence-corrected chi connectivity index (χ3v) is 3.25. The normalized spacial score (nSPS) is 10.7. The van der Waals surface area contributed by atoms with Crippen LogP contribution in [-0.2, 0) is 0 Å². The van der Waals surface area contributed by atoms with E-state index in [1.165, 1.54) is 12.1 Å². The largest absolute Gasteiger partial charge is 0.496 e. The van der Waals surface area contributed by atoms with Crippen LogP contribution in [0.5, 0.6) is 5.75 Å². The van der Waals surface area contributed by atoms with E-state index in [0.717, 1.165) is 22.3 Å². The predicted molar refractivity (Wildman–Crippen MR) is 76.5 cm³/mol. The molecule has 3 rings (SSSR count). The van der Waals surface area contributed by atoms with Crippen LogP contribution in [0.2, 0.25) is 0 Å². The van der Waals surface area contributed by atoms with Gasteiger partial charge in [0.15, 0.2) is 0 Å². The number of nitrogens with zero attached hydrogens (tertiary/aromatic N) is 2. The summed E-state index contributed by atoms with van der Waals surface area (Å²) in [6.07, 6.45) is 1.92. The van der Waals surface area contributed by atoms with Crippen molar-refractivity contribution in [1.82, 2.24) is 4.57 Å². The van der Waals surface area contributed by atoms with Gasteiger partial charge < -0.3 is 9.30 Å². The van der Waals surface area contributed by atoms with Crippen molar-refractivity contribution in [2.45, 2.75) is 0 Å². The summed E-state index contributed by atoms with van der Waals surface area (Å²) in [6.45, 7) is 0. The van der Waals surface area contributed by atoms with Crippen molar-refractivity contribution in [3.63, 3.8) is 0 Å². The van der Waals surface area contributed by atoms with E-state index in [0.29, 0.717) is 0 Å². The summed E-state index contributed by atoms with van der Waals surface area (Å²) in [6, 6.07) is 14.2. The van der Waals surface area contributed by atoms with Crippen LogP contribution in [0.4, 0.5) is 5.69 Å². The maximum absolute atomic E-state index is 10.7. The molecule has 5 nitrogen and oxygen atoms in total. The fourth-order valence-corrected chi connectivity index (χ4v) is 2.28. The quantitative estimate of drug-likeness (QED) is 0.539. The Balaban J connectivity index is 2.12. The monoisotopic (exact) mass is 268 g/mol. The van der Waals surface area contributed by atoms with Gasteiger partial charge in [0, 0.05) is 29.4 Å². The summed E-state index contributed by atoms with van der Waals surface area (Å²) in [4.78, 5) is 10.3. The van der Waals surface area contributed by atoms with Crippen LogP contribution < -0.4 is 4.74 Å². The first-order valence-electron chi connectivity index (χ1n) is 6.09. The minimum atomic E-state index is -0.402. The third kappa shape index (κ3) is 1.89. The van der Waals surface area contributed by atoms with Gasteiger partial charge in [0.05, 0.1) is 17.5 Å². The lowest BCUT2D eigenvalue weighted by Gasteiger charge is -2.06.